The maximum Gasteiger partial charge on any atom is 0.255 e. The minimum Gasteiger partial charge on any atom is -0.365 e. The van der Waals surface area contributed by atoms with Crippen LogP contribution >= 0.6 is 0 Å². The molecule has 20 heavy (non-hydrogen) atoms. The lowest BCUT2D eigenvalue weighted by Crippen LogP contribution is -2.34. The van der Waals surface area contributed by atoms with Gasteiger partial charge in [0, 0.05) is 25.0 Å². The van der Waals surface area contributed by atoms with Gasteiger partial charge in [-0.15, -0.1) is 0 Å². The van der Waals surface area contributed by atoms with E-state index < -0.39 is 0 Å². The number of carbonyl (C=O) groups excluding carboxylic acids is 1. The SMILES string of the molecule is Cc1[nH]ccc1C(=O)N1CC=C(c2ccccc2)CC1. The van der Waals surface area contributed by atoms with E-state index in [1.54, 1.807) is 0 Å². The molecule has 3 nitrogen and oxygen atoms in total. The third-order valence-corrected chi connectivity index (χ3v) is 3.83. The normalized spacial score (nSPS) is 15.1. The third kappa shape index (κ3) is 2.39. The Labute approximate surface area is 118 Å². The van der Waals surface area contributed by atoms with Crippen LogP contribution in [-0.4, -0.2) is 28.9 Å². The van der Waals surface area contributed by atoms with Gasteiger partial charge in [0.05, 0.1) is 5.56 Å². The number of nitrogens with zero attached hydrogens (tertiary/aromatic N) is 1. The molecule has 2 heterocycles. The van der Waals surface area contributed by atoms with Crippen molar-refractivity contribution in [1.82, 2.24) is 9.88 Å². The van der Waals surface area contributed by atoms with Gasteiger partial charge in [0.1, 0.15) is 0 Å². The van der Waals surface area contributed by atoms with Crippen molar-refractivity contribution in [3.63, 3.8) is 0 Å². The Morgan fingerprint density at radius 2 is 2.00 bits per heavy atom. The van der Waals surface area contributed by atoms with E-state index in [4.69, 9.17) is 0 Å². The highest BCUT2D eigenvalue weighted by Gasteiger charge is 2.20. The van der Waals surface area contributed by atoms with Crippen LogP contribution in [0.15, 0.2) is 48.7 Å². The van der Waals surface area contributed by atoms with Crippen LogP contribution in [0, 0.1) is 6.92 Å². The molecule has 0 atom stereocenters. The van der Waals surface area contributed by atoms with Gasteiger partial charge in [0.2, 0.25) is 0 Å². The summed E-state index contributed by atoms with van der Waals surface area (Å²) in [5.74, 6) is 0.118. The van der Waals surface area contributed by atoms with Crippen LogP contribution in [0.4, 0.5) is 0 Å². The number of rotatable bonds is 2. The summed E-state index contributed by atoms with van der Waals surface area (Å²) in [6.45, 7) is 3.40. The lowest BCUT2D eigenvalue weighted by atomic mass is 9.99. The molecule has 102 valence electrons. The Morgan fingerprint density at radius 3 is 2.60 bits per heavy atom. The number of carbonyl (C=O) groups is 1. The highest BCUT2D eigenvalue weighted by molar-refractivity contribution is 5.95. The Morgan fingerprint density at radius 1 is 1.20 bits per heavy atom. The Hall–Kier alpha value is -2.29. The summed E-state index contributed by atoms with van der Waals surface area (Å²) in [7, 11) is 0. The second-order valence-electron chi connectivity index (χ2n) is 5.11. The highest BCUT2D eigenvalue weighted by atomic mass is 16.2. The molecule has 0 saturated carbocycles. The first kappa shape index (κ1) is 12.7. The summed E-state index contributed by atoms with van der Waals surface area (Å²) >= 11 is 0. The van der Waals surface area contributed by atoms with E-state index in [1.807, 2.05) is 30.2 Å². The minimum absolute atomic E-state index is 0.118. The first-order chi connectivity index (χ1) is 9.75. The molecule has 0 radical (unpaired) electrons. The van der Waals surface area contributed by atoms with Crippen LogP contribution in [0.2, 0.25) is 0 Å². The molecule has 2 aromatic rings. The van der Waals surface area contributed by atoms with E-state index in [9.17, 15) is 4.79 Å². The number of amides is 1. The fourth-order valence-corrected chi connectivity index (χ4v) is 2.62. The number of aromatic amines is 1. The largest absolute Gasteiger partial charge is 0.365 e. The Balaban J connectivity index is 1.74. The molecule has 1 aliphatic heterocycles. The van der Waals surface area contributed by atoms with Crippen LogP contribution in [0.1, 0.15) is 28.0 Å². The monoisotopic (exact) mass is 266 g/mol. The minimum atomic E-state index is 0.118. The summed E-state index contributed by atoms with van der Waals surface area (Å²) in [6, 6.07) is 12.2. The quantitative estimate of drug-likeness (QED) is 0.890. The molecule has 3 heteroatoms. The van der Waals surface area contributed by atoms with Crippen LogP contribution in [-0.2, 0) is 0 Å². The second-order valence-corrected chi connectivity index (χ2v) is 5.11. The van der Waals surface area contributed by atoms with E-state index in [1.165, 1.54) is 11.1 Å². The van der Waals surface area contributed by atoms with E-state index in [0.29, 0.717) is 6.54 Å². The molecule has 1 N–H and O–H groups in total. The zero-order valence-corrected chi connectivity index (χ0v) is 11.6. The fourth-order valence-electron chi connectivity index (χ4n) is 2.62. The maximum absolute atomic E-state index is 12.4. The lowest BCUT2D eigenvalue weighted by Gasteiger charge is -2.26. The molecule has 0 bridgehead atoms. The number of nitrogens with one attached hydrogen (secondary N) is 1. The summed E-state index contributed by atoms with van der Waals surface area (Å²) in [6.07, 6.45) is 4.90. The van der Waals surface area contributed by atoms with Gasteiger partial charge in [-0.2, -0.15) is 0 Å². The fraction of sp³-hybridized carbons (Fsp3) is 0.235. The van der Waals surface area contributed by atoms with Gasteiger partial charge in [0.25, 0.3) is 5.91 Å². The topological polar surface area (TPSA) is 36.1 Å². The summed E-state index contributed by atoms with van der Waals surface area (Å²) in [4.78, 5) is 17.4. The third-order valence-electron chi connectivity index (χ3n) is 3.83. The van der Waals surface area contributed by atoms with Crippen LogP contribution in [0.3, 0.4) is 0 Å². The number of hydrogen-bond acceptors (Lipinski definition) is 1. The predicted octanol–water partition coefficient (Wildman–Crippen LogP) is 3.25. The number of H-pyrrole nitrogens is 1. The van der Waals surface area contributed by atoms with Crippen molar-refractivity contribution in [1.29, 1.82) is 0 Å². The molecule has 0 unspecified atom stereocenters. The average molecular weight is 266 g/mol. The van der Waals surface area contributed by atoms with Gasteiger partial charge in [-0.25, -0.2) is 0 Å². The van der Waals surface area contributed by atoms with Gasteiger partial charge < -0.3 is 9.88 Å². The van der Waals surface area contributed by atoms with Crippen molar-refractivity contribution < 1.29 is 4.79 Å². The van der Waals surface area contributed by atoms with Crippen molar-refractivity contribution in [3.05, 3.63) is 65.5 Å². The van der Waals surface area contributed by atoms with Gasteiger partial charge in [-0.1, -0.05) is 36.4 Å². The van der Waals surface area contributed by atoms with Crippen molar-refractivity contribution in [2.45, 2.75) is 13.3 Å². The molecular formula is C17H18N2O. The van der Waals surface area contributed by atoms with Crippen LogP contribution in [0.25, 0.3) is 5.57 Å². The van der Waals surface area contributed by atoms with E-state index in [0.717, 1.165) is 24.2 Å². The van der Waals surface area contributed by atoms with E-state index in [-0.39, 0.29) is 5.91 Å². The highest BCUT2D eigenvalue weighted by Crippen LogP contribution is 2.23. The molecule has 1 aromatic heterocycles. The standard InChI is InChI=1S/C17H18N2O/c1-13-16(7-10-18-13)17(20)19-11-8-15(9-12-19)14-5-3-2-4-6-14/h2-8,10,18H,9,11-12H2,1H3. The van der Waals surface area contributed by atoms with Crippen LogP contribution < -0.4 is 0 Å². The molecular weight excluding hydrogens is 248 g/mol. The molecule has 1 aromatic carbocycles. The molecule has 0 fully saturated rings. The summed E-state index contributed by atoms with van der Waals surface area (Å²) in [5.41, 5.74) is 4.31. The van der Waals surface area contributed by atoms with Gasteiger partial charge in [-0.3, -0.25) is 4.79 Å². The summed E-state index contributed by atoms with van der Waals surface area (Å²) < 4.78 is 0. The van der Waals surface area contributed by atoms with Crippen molar-refractivity contribution in [2.75, 3.05) is 13.1 Å². The van der Waals surface area contributed by atoms with Crippen molar-refractivity contribution in [2.24, 2.45) is 0 Å². The predicted molar refractivity (Wildman–Crippen MR) is 80.5 cm³/mol. The van der Waals surface area contributed by atoms with Crippen molar-refractivity contribution in [3.8, 4) is 0 Å². The lowest BCUT2D eigenvalue weighted by molar-refractivity contribution is 0.0772. The first-order valence-corrected chi connectivity index (χ1v) is 6.93. The Bertz CT molecular complexity index is 640. The Kier molecular flexibility index (Phi) is 3.42. The summed E-state index contributed by atoms with van der Waals surface area (Å²) in [5, 5.41) is 0. The average Bonchev–Trinajstić information content (AvgIpc) is 2.94. The number of hydrogen-bond donors (Lipinski definition) is 1. The molecule has 1 aliphatic rings. The molecule has 3 rings (SSSR count). The molecule has 0 spiro atoms. The molecule has 0 aliphatic carbocycles. The zero-order valence-electron chi connectivity index (χ0n) is 11.6. The van der Waals surface area contributed by atoms with Gasteiger partial charge in [-0.05, 0) is 30.5 Å². The van der Waals surface area contributed by atoms with E-state index >= 15 is 0 Å². The number of benzene rings is 1. The second kappa shape index (κ2) is 5.37. The maximum atomic E-state index is 12.4. The van der Waals surface area contributed by atoms with Gasteiger partial charge >= 0.3 is 0 Å². The van der Waals surface area contributed by atoms with Crippen LogP contribution in [0.5, 0.6) is 0 Å². The molecule has 1 amide bonds. The number of aryl methyl sites for hydroxylation is 1. The van der Waals surface area contributed by atoms with Gasteiger partial charge in [0.15, 0.2) is 0 Å². The van der Waals surface area contributed by atoms with Crippen molar-refractivity contribution >= 4 is 11.5 Å². The zero-order chi connectivity index (χ0) is 13.9. The smallest absolute Gasteiger partial charge is 0.255 e. The number of aromatic nitrogens is 1. The first-order valence-electron chi connectivity index (χ1n) is 6.93. The van der Waals surface area contributed by atoms with E-state index in [2.05, 4.69) is 35.3 Å². The molecule has 0 saturated heterocycles.